The molecule has 7 heteroatoms. The van der Waals surface area contributed by atoms with Crippen LogP contribution in [0.15, 0.2) is 53.4 Å². The van der Waals surface area contributed by atoms with E-state index in [-0.39, 0.29) is 10.5 Å². The number of carboxylic acid groups (broad SMARTS) is 1. The van der Waals surface area contributed by atoms with Crippen molar-refractivity contribution in [2.45, 2.75) is 17.9 Å². The van der Waals surface area contributed by atoms with E-state index in [0.29, 0.717) is 19.5 Å². The summed E-state index contributed by atoms with van der Waals surface area (Å²) in [5, 5.41) is 17.3. The molecule has 0 heterocycles. The minimum absolute atomic E-state index is 0.0876. The van der Waals surface area contributed by atoms with Crippen LogP contribution in [0.3, 0.4) is 0 Å². The molecule has 0 saturated heterocycles. The van der Waals surface area contributed by atoms with Gasteiger partial charge >= 0.3 is 5.97 Å². The molecule has 0 fully saturated rings. The molecule has 0 aliphatic carbocycles. The summed E-state index contributed by atoms with van der Waals surface area (Å²) in [4.78, 5) is 11.2. The van der Waals surface area contributed by atoms with Crippen molar-refractivity contribution in [3.05, 3.63) is 65.2 Å². The van der Waals surface area contributed by atoms with E-state index in [0.717, 1.165) is 11.1 Å². The molecule has 23 heavy (non-hydrogen) atoms. The fraction of sp³-hybridized carbons (Fsp3) is 0.188. The number of primary sulfonamides is 1. The van der Waals surface area contributed by atoms with Gasteiger partial charge in [-0.05, 0) is 42.3 Å². The molecule has 6 nitrogen and oxygen atoms in total. The Bertz CT molecular complexity index is 786. The van der Waals surface area contributed by atoms with Gasteiger partial charge in [-0.2, -0.15) is 0 Å². The van der Waals surface area contributed by atoms with Gasteiger partial charge in [0.1, 0.15) is 0 Å². The molecule has 122 valence electrons. The Balaban J connectivity index is 1.88. The molecule has 2 aromatic rings. The number of nitrogens with one attached hydrogen (secondary N) is 1. The fourth-order valence-corrected chi connectivity index (χ4v) is 2.70. The van der Waals surface area contributed by atoms with Gasteiger partial charge in [0.25, 0.3) is 0 Å². The summed E-state index contributed by atoms with van der Waals surface area (Å²) in [6, 6.07) is 13.2. The Kier molecular flexibility index (Phi) is 5.49. The number of sulfonamides is 1. The molecule has 2 aromatic carbocycles. The molecule has 0 aliphatic heterocycles. The van der Waals surface area contributed by atoms with Gasteiger partial charge < -0.3 is 10.4 Å². The highest BCUT2D eigenvalue weighted by Crippen LogP contribution is 2.10. The third kappa shape index (κ3) is 4.88. The van der Waals surface area contributed by atoms with Gasteiger partial charge in [0.05, 0.1) is 10.5 Å². The van der Waals surface area contributed by atoms with Crippen LogP contribution in [-0.2, 0) is 23.0 Å². The van der Waals surface area contributed by atoms with Gasteiger partial charge in [-0.15, -0.1) is 0 Å². The first kappa shape index (κ1) is 17.1. The molecule has 0 saturated carbocycles. The Morgan fingerprint density at radius 1 is 1.09 bits per heavy atom. The van der Waals surface area contributed by atoms with E-state index in [1.165, 1.54) is 12.1 Å². The second kappa shape index (κ2) is 7.36. The van der Waals surface area contributed by atoms with E-state index in [2.05, 4.69) is 5.32 Å². The first-order valence-electron chi connectivity index (χ1n) is 7.01. The van der Waals surface area contributed by atoms with Crippen LogP contribution >= 0.6 is 0 Å². The number of aromatic carboxylic acids is 1. The Labute approximate surface area is 135 Å². The van der Waals surface area contributed by atoms with Crippen LogP contribution in [0.25, 0.3) is 0 Å². The molecule has 4 N–H and O–H groups in total. The molecule has 0 spiro atoms. The average molecular weight is 334 g/mol. The van der Waals surface area contributed by atoms with Crippen LogP contribution in [0.5, 0.6) is 0 Å². The molecule has 0 bridgehead atoms. The predicted octanol–water partition coefficient (Wildman–Crippen LogP) is 1.36. The highest BCUT2D eigenvalue weighted by molar-refractivity contribution is 7.89. The zero-order valence-electron chi connectivity index (χ0n) is 12.4. The number of carbonyl (C=O) groups is 1. The zero-order valence-corrected chi connectivity index (χ0v) is 13.2. The smallest absolute Gasteiger partial charge is 0.336 e. The standard InChI is InChI=1S/C16H18N2O4S/c17-23(21,22)14-7-5-12(6-8-14)9-10-18-11-13-3-1-2-4-15(13)16(19)20/h1-8,18H,9-11H2,(H,19,20)(H2,17,21,22). The summed E-state index contributed by atoms with van der Waals surface area (Å²) in [6.07, 6.45) is 0.695. The maximum Gasteiger partial charge on any atom is 0.336 e. The Morgan fingerprint density at radius 2 is 1.74 bits per heavy atom. The summed E-state index contributed by atoms with van der Waals surface area (Å²) in [5.74, 6) is -0.944. The van der Waals surface area contributed by atoms with Crippen molar-refractivity contribution in [1.82, 2.24) is 5.32 Å². The van der Waals surface area contributed by atoms with Crippen molar-refractivity contribution in [1.29, 1.82) is 0 Å². The second-order valence-electron chi connectivity index (χ2n) is 5.08. The van der Waals surface area contributed by atoms with Crippen LogP contribution in [0.1, 0.15) is 21.5 Å². The lowest BCUT2D eigenvalue weighted by Gasteiger charge is -2.08. The molecule has 0 aliphatic rings. The average Bonchev–Trinajstić information content (AvgIpc) is 2.51. The van der Waals surface area contributed by atoms with E-state index in [1.54, 1.807) is 36.4 Å². The Morgan fingerprint density at radius 3 is 2.35 bits per heavy atom. The highest BCUT2D eigenvalue weighted by atomic mass is 32.2. The minimum atomic E-state index is -3.66. The fourth-order valence-electron chi connectivity index (χ4n) is 2.18. The Hall–Kier alpha value is -2.22. The van der Waals surface area contributed by atoms with Crippen molar-refractivity contribution >= 4 is 16.0 Å². The van der Waals surface area contributed by atoms with E-state index in [1.807, 2.05) is 0 Å². The zero-order chi connectivity index (χ0) is 16.9. The molecular weight excluding hydrogens is 316 g/mol. The molecule has 0 aromatic heterocycles. The quantitative estimate of drug-likeness (QED) is 0.662. The van der Waals surface area contributed by atoms with Crippen LogP contribution in [-0.4, -0.2) is 26.0 Å². The van der Waals surface area contributed by atoms with Gasteiger partial charge in [0.2, 0.25) is 10.0 Å². The molecule has 0 atom stereocenters. The van der Waals surface area contributed by atoms with Crippen molar-refractivity contribution in [2.75, 3.05) is 6.54 Å². The summed E-state index contributed by atoms with van der Waals surface area (Å²) in [6.45, 7) is 1.10. The van der Waals surface area contributed by atoms with Gasteiger partial charge in [-0.25, -0.2) is 18.4 Å². The third-order valence-corrected chi connectivity index (χ3v) is 4.33. The maximum absolute atomic E-state index is 11.2. The summed E-state index contributed by atoms with van der Waals surface area (Å²) < 4.78 is 22.3. The highest BCUT2D eigenvalue weighted by Gasteiger charge is 2.08. The van der Waals surface area contributed by atoms with E-state index >= 15 is 0 Å². The lowest BCUT2D eigenvalue weighted by atomic mass is 10.1. The summed E-state index contributed by atoms with van der Waals surface area (Å²) >= 11 is 0. The SMILES string of the molecule is NS(=O)(=O)c1ccc(CCNCc2ccccc2C(=O)O)cc1. The number of rotatable bonds is 7. The van der Waals surface area contributed by atoms with Gasteiger partial charge in [0, 0.05) is 6.54 Å². The van der Waals surface area contributed by atoms with Crippen LogP contribution in [0.2, 0.25) is 0 Å². The number of hydrogen-bond acceptors (Lipinski definition) is 4. The molecule has 0 unspecified atom stereocenters. The lowest BCUT2D eigenvalue weighted by Crippen LogP contribution is -2.18. The molecular formula is C16H18N2O4S. The largest absolute Gasteiger partial charge is 0.478 e. The van der Waals surface area contributed by atoms with Crippen molar-refractivity contribution in [3.63, 3.8) is 0 Å². The topological polar surface area (TPSA) is 109 Å². The number of benzene rings is 2. The first-order valence-corrected chi connectivity index (χ1v) is 8.56. The normalized spacial score (nSPS) is 11.3. The van der Waals surface area contributed by atoms with Crippen molar-refractivity contribution in [3.8, 4) is 0 Å². The third-order valence-electron chi connectivity index (χ3n) is 3.41. The second-order valence-corrected chi connectivity index (χ2v) is 6.64. The molecule has 0 radical (unpaired) electrons. The first-order chi connectivity index (χ1) is 10.9. The van der Waals surface area contributed by atoms with Gasteiger partial charge in [-0.3, -0.25) is 0 Å². The van der Waals surface area contributed by atoms with Crippen molar-refractivity contribution in [2.24, 2.45) is 5.14 Å². The van der Waals surface area contributed by atoms with Crippen LogP contribution in [0, 0.1) is 0 Å². The number of hydrogen-bond donors (Lipinski definition) is 3. The summed E-state index contributed by atoms with van der Waals surface area (Å²) in [5.41, 5.74) is 1.98. The number of nitrogens with two attached hydrogens (primary N) is 1. The maximum atomic E-state index is 11.2. The monoisotopic (exact) mass is 334 g/mol. The van der Waals surface area contributed by atoms with Gasteiger partial charge in [-0.1, -0.05) is 30.3 Å². The predicted molar refractivity (Wildman–Crippen MR) is 86.6 cm³/mol. The molecule has 2 rings (SSSR count). The minimum Gasteiger partial charge on any atom is -0.478 e. The lowest BCUT2D eigenvalue weighted by molar-refractivity contribution is 0.0695. The number of carboxylic acids is 1. The van der Waals surface area contributed by atoms with E-state index in [9.17, 15) is 13.2 Å². The summed E-state index contributed by atoms with van der Waals surface area (Å²) in [7, 11) is -3.66. The van der Waals surface area contributed by atoms with Crippen LogP contribution in [0.4, 0.5) is 0 Å². The van der Waals surface area contributed by atoms with E-state index in [4.69, 9.17) is 10.2 Å². The van der Waals surface area contributed by atoms with E-state index < -0.39 is 16.0 Å². The molecule has 0 amide bonds. The van der Waals surface area contributed by atoms with Crippen LogP contribution < -0.4 is 10.5 Å². The van der Waals surface area contributed by atoms with Crippen molar-refractivity contribution < 1.29 is 18.3 Å². The van der Waals surface area contributed by atoms with Gasteiger partial charge in [0.15, 0.2) is 0 Å².